The van der Waals surface area contributed by atoms with E-state index in [4.69, 9.17) is 4.74 Å². The van der Waals surface area contributed by atoms with Crippen molar-refractivity contribution in [3.63, 3.8) is 0 Å². The zero-order chi connectivity index (χ0) is 21.0. The minimum absolute atomic E-state index is 0.0158. The van der Waals surface area contributed by atoms with Gasteiger partial charge in [0.1, 0.15) is 11.4 Å². The summed E-state index contributed by atoms with van der Waals surface area (Å²) in [6, 6.07) is 15.1. The fourth-order valence-electron chi connectivity index (χ4n) is 5.99. The molecule has 2 aliphatic heterocycles. The van der Waals surface area contributed by atoms with Crippen molar-refractivity contribution in [1.29, 1.82) is 0 Å². The van der Waals surface area contributed by atoms with Crippen LogP contribution in [0.15, 0.2) is 54.6 Å². The first-order chi connectivity index (χ1) is 14.5. The first-order valence-electron chi connectivity index (χ1n) is 11.0. The van der Waals surface area contributed by atoms with Crippen molar-refractivity contribution < 1.29 is 13.9 Å². The van der Waals surface area contributed by atoms with Crippen LogP contribution in [0, 0.1) is 17.7 Å². The number of hydrogen-bond acceptors (Lipinski definition) is 2. The van der Waals surface area contributed by atoms with Crippen molar-refractivity contribution in [2.24, 2.45) is 11.8 Å². The van der Waals surface area contributed by atoms with Crippen LogP contribution >= 0.6 is 0 Å². The van der Waals surface area contributed by atoms with Gasteiger partial charge in [0.05, 0.1) is 17.8 Å². The summed E-state index contributed by atoms with van der Waals surface area (Å²) in [5, 5.41) is 0. The summed E-state index contributed by atoms with van der Waals surface area (Å²) in [5.74, 6) is -0.0446. The summed E-state index contributed by atoms with van der Waals surface area (Å²) in [5.41, 5.74) is 3.57. The number of halogens is 1. The fraction of sp³-hybridized carbons (Fsp3) is 0.423. The van der Waals surface area contributed by atoms with Gasteiger partial charge in [-0.3, -0.25) is 4.79 Å². The molecule has 156 valence electrons. The second-order valence-corrected chi connectivity index (χ2v) is 8.92. The number of carbonyl (C=O) groups excluding carboxylic acids is 1. The molecule has 1 amide bonds. The van der Waals surface area contributed by atoms with Gasteiger partial charge in [0, 0.05) is 24.3 Å². The van der Waals surface area contributed by atoms with Crippen LogP contribution in [0.2, 0.25) is 0 Å². The highest BCUT2D eigenvalue weighted by atomic mass is 19.1. The topological polar surface area (TPSA) is 29.5 Å². The molecule has 0 aromatic heterocycles. The van der Waals surface area contributed by atoms with E-state index >= 15 is 0 Å². The summed E-state index contributed by atoms with van der Waals surface area (Å²) in [7, 11) is 0. The number of hydrogen-bond donors (Lipinski definition) is 0. The number of rotatable bonds is 4. The first kappa shape index (κ1) is 19.5. The monoisotopic (exact) mass is 405 g/mol. The normalized spacial score (nSPS) is 31.3. The largest absolute Gasteiger partial charge is 0.363 e. The summed E-state index contributed by atoms with van der Waals surface area (Å²) in [6.07, 6.45) is 5.22. The van der Waals surface area contributed by atoms with Gasteiger partial charge in [0.2, 0.25) is 5.91 Å². The molecular weight excluding hydrogens is 377 g/mol. The fourth-order valence-corrected chi connectivity index (χ4v) is 5.99. The highest BCUT2D eigenvalue weighted by molar-refractivity contribution is 5.96. The SMILES string of the molecule is CCCC[C@]12O[C@H]3[C@H](C=C(c4ccccc4)[C@@H]3C)[C@H]1N(C(C)=O)c1cc(F)ccc12. The second kappa shape index (κ2) is 7.05. The van der Waals surface area contributed by atoms with Gasteiger partial charge in [-0.25, -0.2) is 4.39 Å². The van der Waals surface area contributed by atoms with E-state index in [0.29, 0.717) is 5.69 Å². The highest BCUT2D eigenvalue weighted by Crippen LogP contribution is 2.61. The minimum Gasteiger partial charge on any atom is -0.363 e. The third kappa shape index (κ3) is 2.63. The van der Waals surface area contributed by atoms with Crippen molar-refractivity contribution in [3.05, 3.63) is 71.6 Å². The van der Waals surface area contributed by atoms with Crippen molar-refractivity contribution in [3.8, 4) is 0 Å². The molecule has 0 bridgehead atoms. The smallest absolute Gasteiger partial charge is 0.224 e. The Bertz CT molecular complexity index is 1020. The number of unbranched alkanes of at least 4 members (excludes halogenated alkanes) is 1. The van der Waals surface area contributed by atoms with Crippen LogP contribution in [0.4, 0.5) is 10.1 Å². The number of benzene rings is 2. The van der Waals surface area contributed by atoms with Crippen LogP contribution in [-0.4, -0.2) is 18.1 Å². The Labute approximate surface area is 177 Å². The molecule has 1 fully saturated rings. The predicted octanol–water partition coefficient (Wildman–Crippen LogP) is 5.69. The van der Waals surface area contributed by atoms with E-state index in [0.717, 1.165) is 24.8 Å². The number of nitrogens with zero attached hydrogens (tertiary/aromatic N) is 1. The molecule has 0 N–H and O–H groups in total. The summed E-state index contributed by atoms with van der Waals surface area (Å²) in [6.45, 7) is 5.97. The maximum absolute atomic E-state index is 14.2. The molecule has 30 heavy (non-hydrogen) atoms. The van der Waals surface area contributed by atoms with Crippen molar-refractivity contribution in [2.75, 3.05) is 4.90 Å². The van der Waals surface area contributed by atoms with Crippen molar-refractivity contribution in [2.45, 2.75) is 57.8 Å². The molecule has 0 saturated carbocycles. The Morgan fingerprint density at radius 3 is 2.67 bits per heavy atom. The molecule has 0 spiro atoms. The zero-order valence-electron chi connectivity index (χ0n) is 17.8. The van der Waals surface area contributed by atoms with E-state index in [1.807, 2.05) is 17.0 Å². The highest BCUT2D eigenvalue weighted by Gasteiger charge is 2.65. The third-order valence-corrected chi connectivity index (χ3v) is 7.22. The third-order valence-electron chi connectivity index (χ3n) is 7.22. The average Bonchev–Trinajstić information content (AvgIpc) is 3.31. The van der Waals surface area contributed by atoms with Crippen LogP contribution < -0.4 is 4.90 Å². The maximum atomic E-state index is 14.2. The van der Waals surface area contributed by atoms with Gasteiger partial charge < -0.3 is 9.64 Å². The van der Waals surface area contributed by atoms with Crippen molar-refractivity contribution in [1.82, 2.24) is 0 Å². The van der Waals surface area contributed by atoms with Gasteiger partial charge in [-0.05, 0) is 29.7 Å². The number of amides is 1. The second-order valence-electron chi connectivity index (χ2n) is 8.92. The molecule has 5 atom stereocenters. The summed E-state index contributed by atoms with van der Waals surface area (Å²) < 4.78 is 21.1. The molecular formula is C26H28FNO2. The average molecular weight is 406 g/mol. The van der Waals surface area contributed by atoms with Crippen LogP contribution in [0.5, 0.6) is 0 Å². The molecule has 2 heterocycles. The maximum Gasteiger partial charge on any atom is 0.224 e. The Morgan fingerprint density at radius 2 is 1.97 bits per heavy atom. The lowest BCUT2D eigenvalue weighted by Gasteiger charge is -2.34. The van der Waals surface area contributed by atoms with Crippen molar-refractivity contribution >= 4 is 17.2 Å². The van der Waals surface area contributed by atoms with E-state index in [1.54, 1.807) is 6.92 Å². The minimum atomic E-state index is -0.562. The van der Waals surface area contributed by atoms with Gasteiger partial charge in [-0.2, -0.15) is 0 Å². The molecule has 2 aromatic rings. The van der Waals surface area contributed by atoms with E-state index in [-0.39, 0.29) is 35.7 Å². The van der Waals surface area contributed by atoms with Crippen LogP contribution in [-0.2, 0) is 15.1 Å². The van der Waals surface area contributed by atoms with E-state index < -0.39 is 5.60 Å². The van der Waals surface area contributed by atoms with Crippen LogP contribution in [0.25, 0.3) is 5.57 Å². The predicted molar refractivity (Wildman–Crippen MR) is 116 cm³/mol. The molecule has 3 nitrogen and oxygen atoms in total. The Hall–Kier alpha value is -2.46. The summed E-state index contributed by atoms with van der Waals surface area (Å²) in [4.78, 5) is 14.6. The number of anilines is 1. The van der Waals surface area contributed by atoms with Gasteiger partial charge in [-0.1, -0.05) is 69.2 Å². The molecule has 0 radical (unpaired) electrons. The molecule has 1 aliphatic carbocycles. The van der Waals surface area contributed by atoms with Gasteiger partial charge in [0.25, 0.3) is 0 Å². The van der Waals surface area contributed by atoms with Gasteiger partial charge >= 0.3 is 0 Å². The summed E-state index contributed by atoms with van der Waals surface area (Å²) >= 11 is 0. The zero-order valence-corrected chi connectivity index (χ0v) is 17.8. The number of carbonyl (C=O) groups is 1. The van der Waals surface area contributed by atoms with E-state index in [2.05, 4.69) is 44.2 Å². The first-order valence-corrected chi connectivity index (χ1v) is 11.0. The molecule has 2 aromatic carbocycles. The Kier molecular flexibility index (Phi) is 4.59. The van der Waals surface area contributed by atoms with Crippen LogP contribution in [0.3, 0.4) is 0 Å². The lowest BCUT2D eigenvalue weighted by molar-refractivity contribution is -0.118. The van der Waals surface area contributed by atoms with E-state index in [9.17, 15) is 9.18 Å². The number of fused-ring (bicyclic) bond motifs is 5. The standard InChI is InChI=1S/C26H28FNO2/c1-4-5-13-26-22-12-11-19(27)14-23(22)28(17(3)29)25(26)21-15-20(16(2)24(21)30-26)18-9-7-6-8-10-18/h6-12,14-16,21,24-25H,4-5,13H2,1-3H3/t16-,21-,24+,25+,26+/m0/s1. The lowest BCUT2D eigenvalue weighted by Crippen LogP contribution is -2.47. The van der Waals surface area contributed by atoms with Crippen LogP contribution in [0.1, 0.15) is 51.2 Å². The Morgan fingerprint density at radius 1 is 1.20 bits per heavy atom. The molecule has 5 rings (SSSR count). The van der Waals surface area contributed by atoms with Gasteiger partial charge in [0.15, 0.2) is 0 Å². The Balaban J connectivity index is 1.66. The number of ether oxygens (including phenoxy) is 1. The molecule has 4 heteroatoms. The molecule has 0 unspecified atom stereocenters. The van der Waals surface area contributed by atoms with E-state index in [1.165, 1.54) is 23.3 Å². The quantitative estimate of drug-likeness (QED) is 0.653. The lowest BCUT2D eigenvalue weighted by atomic mass is 9.81. The molecule has 1 saturated heterocycles. The van der Waals surface area contributed by atoms with Gasteiger partial charge in [-0.15, -0.1) is 0 Å². The molecule has 3 aliphatic rings.